The lowest BCUT2D eigenvalue weighted by Crippen LogP contribution is -1.79. The zero-order valence-electron chi connectivity index (χ0n) is 6.59. The summed E-state index contributed by atoms with van der Waals surface area (Å²) in [6, 6.07) is 4.05. The van der Waals surface area contributed by atoms with Crippen LogP contribution in [0.1, 0.15) is 11.1 Å². The highest BCUT2D eigenvalue weighted by atomic mass is 16.3. The first-order valence-electron chi connectivity index (χ1n) is 3.58. The van der Waals surface area contributed by atoms with Crippen LogP contribution in [0.5, 0.6) is 0 Å². The average Bonchev–Trinajstić information content (AvgIpc) is 2.36. The van der Waals surface area contributed by atoms with Crippen molar-refractivity contribution >= 4 is 11.1 Å². The standard InChI is InChI=1S/C9H9NO/c1-6-3-8-9(4-7(6)2)11-5-10-8/h3-5H,1-2H3. The van der Waals surface area contributed by atoms with E-state index < -0.39 is 0 Å². The average molecular weight is 147 g/mol. The number of aromatic nitrogens is 1. The van der Waals surface area contributed by atoms with Crippen molar-refractivity contribution in [2.45, 2.75) is 13.8 Å². The molecule has 0 fully saturated rings. The molecule has 0 saturated heterocycles. The summed E-state index contributed by atoms with van der Waals surface area (Å²) in [5.74, 6) is 0. The van der Waals surface area contributed by atoms with E-state index in [-0.39, 0.29) is 0 Å². The molecule has 0 unspecified atom stereocenters. The fraction of sp³-hybridized carbons (Fsp3) is 0.222. The van der Waals surface area contributed by atoms with Crippen molar-refractivity contribution in [3.8, 4) is 0 Å². The minimum absolute atomic E-state index is 0.869. The predicted octanol–water partition coefficient (Wildman–Crippen LogP) is 2.44. The Bertz CT molecular complexity index is 353. The highest BCUT2D eigenvalue weighted by molar-refractivity contribution is 5.74. The lowest BCUT2D eigenvalue weighted by Gasteiger charge is -1.96. The molecular formula is C9H9NO. The first-order valence-corrected chi connectivity index (χ1v) is 3.58. The number of nitrogens with zero attached hydrogens (tertiary/aromatic N) is 1. The van der Waals surface area contributed by atoms with E-state index in [1.807, 2.05) is 12.1 Å². The third kappa shape index (κ3) is 0.909. The van der Waals surface area contributed by atoms with Gasteiger partial charge in [-0.15, -0.1) is 0 Å². The molecule has 2 rings (SSSR count). The molecule has 1 heterocycles. The highest BCUT2D eigenvalue weighted by Gasteiger charge is 1.99. The molecule has 11 heavy (non-hydrogen) atoms. The summed E-state index contributed by atoms with van der Waals surface area (Å²) in [5.41, 5.74) is 4.31. The Morgan fingerprint density at radius 3 is 2.73 bits per heavy atom. The highest BCUT2D eigenvalue weighted by Crippen LogP contribution is 2.17. The molecule has 0 amide bonds. The van der Waals surface area contributed by atoms with E-state index in [2.05, 4.69) is 18.8 Å². The maximum Gasteiger partial charge on any atom is 0.181 e. The Kier molecular flexibility index (Phi) is 1.22. The minimum Gasteiger partial charge on any atom is -0.443 e. The molecule has 0 aliphatic rings. The molecule has 1 aromatic heterocycles. The second kappa shape index (κ2) is 2.09. The molecule has 56 valence electrons. The number of aryl methyl sites for hydroxylation is 2. The van der Waals surface area contributed by atoms with Crippen LogP contribution in [0.2, 0.25) is 0 Å². The van der Waals surface area contributed by atoms with Crippen LogP contribution < -0.4 is 0 Å². The summed E-state index contributed by atoms with van der Waals surface area (Å²) in [6.07, 6.45) is 1.48. The molecule has 0 aliphatic heterocycles. The fourth-order valence-electron chi connectivity index (χ4n) is 1.11. The van der Waals surface area contributed by atoms with Crippen LogP contribution in [0.4, 0.5) is 0 Å². The van der Waals surface area contributed by atoms with Gasteiger partial charge in [0.25, 0.3) is 0 Å². The van der Waals surface area contributed by atoms with Crippen molar-refractivity contribution in [2.75, 3.05) is 0 Å². The van der Waals surface area contributed by atoms with Crippen LogP contribution in [-0.4, -0.2) is 4.98 Å². The van der Waals surface area contributed by atoms with E-state index >= 15 is 0 Å². The molecule has 1 aromatic carbocycles. The van der Waals surface area contributed by atoms with Gasteiger partial charge in [0.15, 0.2) is 12.0 Å². The normalized spacial score (nSPS) is 10.7. The third-order valence-electron chi connectivity index (χ3n) is 1.95. The molecule has 0 saturated carbocycles. The van der Waals surface area contributed by atoms with Crippen LogP contribution in [0, 0.1) is 13.8 Å². The quantitative estimate of drug-likeness (QED) is 0.572. The maximum atomic E-state index is 5.14. The van der Waals surface area contributed by atoms with Gasteiger partial charge in [-0.3, -0.25) is 0 Å². The molecular weight excluding hydrogens is 138 g/mol. The van der Waals surface area contributed by atoms with Crippen molar-refractivity contribution in [3.63, 3.8) is 0 Å². The van der Waals surface area contributed by atoms with E-state index in [4.69, 9.17) is 4.42 Å². The van der Waals surface area contributed by atoms with Gasteiger partial charge < -0.3 is 4.42 Å². The van der Waals surface area contributed by atoms with Crippen molar-refractivity contribution < 1.29 is 4.42 Å². The van der Waals surface area contributed by atoms with Crippen LogP contribution in [0.25, 0.3) is 11.1 Å². The first-order chi connectivity index (χ1) is 5.27. The largest absolute Gasteiger partial charge is 0.443 e. The molecule has 0 spiro atoms. The molecule has 2 heteroatoms. The lowest BCUT2D eigenvalue weighted by molar-refractivity contribution is 0.602. The van der Waals surface area contributed by atoms with Gasteiger partial charge in [0.2, 0.25) is 0 Å². The summed E-state index contributed by atoms with van der Waals surface area (Å²) in [7, 11) is 0. The Labute approximate surface area is 64.9 Å². The molecule has 0 aliphatic carbocycles. The molecule has 2 nitrogen and oxygen atoms in total. The smallest absolute Gasteiger partial charge is 0.181 e. The summed E-state index contributed by atoms with van der Waals surface area (Å²) in [4.78, 5) is 4.05. The molecule has 0 N–H and O–H groups in total. The number of fused-ring (bicyclic) bond motifs is 1. The number of hydrogen-bond acceptors (Lipinski definition) is 2. The fourth-order valence-corrected chi connectivity index (χ4v) is 1.11. The number of rotatable bonds is 0. The van der Waals surface area contributed by atoms with Gasteiger partial charge in [0.05, 0.1) is 0 Å². The second-order valence-corrected chi connectivity index (χ2v) is 2.76. The Hall–Kier alpha value is -1.31. The van der Waals surface area contributed by atoms with Gasteiger partial charge >= 0.3 is 0 Å². The predicted molar refractivity (Wildman–Crippen MR) is 43.5 cm³/mol. The van der Waals surface area contributed by atoms with Crippen molar-refractivity contribution in [3.05, 3.63) is 29.7 Å². The molecule has 0 radical (unpaired) electrons. The van der Waals surface area contributed by atoms with Crippen LogP contribution >= 0.6 is 0 Å². The summed E-state index contributed by atoms with van der Waals surface area (Å²) < 4.78 is 5.14. The van der Waals surface area contributed by atoms with E-state index in [1.165, 1.54) is 17.5 Å². The van der Waals surface area contributed by atoms with Gasteiger partial charge in [-0.1, -0.05) is 0 Å². The van der Waals surface area contributed by atoms with Crippen LogP contribution in [0.15, 0.2) is 22.9 Å². The zero-order valence-corrected chi connectivity index (χ0v) is 6.59. The number of benzene rings is 1. The first kappa shape index (κ1) is 6.40. The molecule has 0 bridgehead atoms. The van der Waals surface area contributed by atoms with E-state index in [9.17, 15) is 0 Å². The van der Waals surface area contributed by atoms with Gasteiger partial charge in [0, 0.05) is 0 Å². The maximum absolute atomic E-state index is 5.14. The summed E-state index contributed by atoms with van der Waals surface area (Å²) in [6.45, 7) is 4.14. The molecule has 2 aromatic rings. The van der Waals surface area contributed by atoms with E-state index in [0.717, 1.165) is 11.1 Å². The zero-order chi connectivity index (χ0) is 7.84. The number of oxazole rings is 1. The Morgan fingerprint density at radius 1 is 1.18 bits per heavy atom. The SMILES string of the molecule is Cc1cc2ncoc2cc1C. The Balaban J connectivity index is 2.86. The third-order valence-corrected chi connectivity index (χ3v) is 1.95. The van der Waals surface area contributed by atoms with Crippen molar-refractivity contribution in [1.29, 1.82) is 0 Å². The summed E-state index contributed by atoms with van der Waals surface area (Å²) >= 11 is 0. The van der Waals surface area contributed by atoms with Crippen LogP contribution in [-0.2, 0) is 0 Å². The van der Waals surface area contributed by atoms with Gasteiger partial charge in [-0.25, -0.2) is 4.98 Å². The molecule has 0 atom stereocenters. The lowest BCUT2D eigenvalue weighted by atomic mass is 10.1. The van der Waals surface area contributed by atoms with E-state index in [1.54, 1.807) is 0 Å². The van der Waals surface area contributed by atoms with Gasteiger partial charge in [-0.05, 0) is 37.1 Å². The van der Waals surface area contributed by atoms with Crippen molar-refractivity contribution in [2.24, 2.45) is 0 Å². The summed E-state index contributed by atoms with van der Waals surface area (Å²) in [5, 5.41) is 0. The van der Waals surface area contributed by atoms with Gasteiger partial charge in [-0.2, -0.15) is 0 Å². The Morgan fingerprint density at radius 2 is 1.91 bits per heavy atom. The monoisotopic (exact) mass is 147 g/mol. The topological polar surface area (TPSA) is 26.0 Å². The second-order valence-electron chi connectivity index (χ2n) is 2.76. The van der Waals surface area contributed by atoms with E-state index in [0.29, 0.717) is 0 Å². The van der Waals surface area contributed by atoms with Crippen molar-refractivity contribution in [1.82, 2.24) is 4.98 Å². The van der Waals surface area contributed by atoms with Crippen LogP contribution in [0.3, 0.4) is 0 Å². The number of hydrogen-bond donors (Lipinski definition) is 0. The van der Waals surface area contributed by atoms with Gasteiger partial charge in [0.1, 0.15) is 5.52 Å². The minimum atomic E-state index is 0.869.